The van der Waals surface area contributed by atoms with E-state index < -0.39 is 35.0 Å². The van der Waals surface area contributed by atoms with Crippen LogP contribution in [0.4, 0.5) is 18.9 Å². The summed E-state index contributed by atoms with van der Waals surface area (Å²) in [6, 6.07) is -0.575. The molecule has 0 saturated carbocycles. The predicted molar refractivity (Wildman–Crippen MR) is 78.0 cm³/mol. The third-order valence-corrected chi connectivity index (χ3v) is 2.83. The summed E-state index contributed by atoms with van der Waals surface area (Å²) in [5.74, 6) is -0.588. The molecule has 0 aromatic carbocycles. The van der Waals surface area contributed by atoms with Crippen molar-refractivity contribution >= 4 is 11.7 Å². The van der Waals surface area contributed by atoms with Crippen molar-refractivity contribution in [2.45, 2.75) is 38.9 Å². The van der Waals surface area contributed by atoms with Crippen LogP contribution in [0, 0.1) is 0 Å². The van der Waals surface area contributed by atoms with Gasteiger partial charge in [-0.05, 0) is 13.3 Å². The summed E-state index contributed by atoms with van der Waals surface area (Å²) in [5.41, 5.74) is -3.11. The number of aromatic nitrogens is 2. The van der Waals surface area contributed by atoms with Gasteiger partial charge in [-0.15, -0.1) is 0 Å². The number of nitrogens with zero attached hydrogens (tertiary/aromatic N) is 1. The fourth-order valence-corrected chi connectivity index (χ4v) is 1.90. The Morgan fingerprint density at radius 3 is 2.74 bits per heavy atom. The molecule has 0 radical (unpaired) electrons. The summed E-state index contributed by atoms with van der Waals surface area (Å²) in [5, 5.41) is 7.74. The van der Waals surface area contributed by atoms with Crippen LogP contribution < -0.4 is 10.9 Å². The lowest BCUT2D eigenvalue weighted by Crippen LogP contribution is -2.27. The van der Waals surface area contributed by atoms with Gasteiger partial charge in [0.25, 0.3) is 5.56 Å². The molecule has 128 valence electrons. The van der Waals surface area contributed by atoms with Crippen LogP contribution in [0.3, 0.4) is 0 Å². The zero-order chi connectivity index (χ0) is 17.5. The van der Waals surface area contributed by atoms with Crippen LogP contribution in [0.5, 0.6) is 0 Å². The van der Waals surface area contributed by atoms with E-state index in [1.54, 1.807) is 12.0 Å². The Balaban J connectivity index is 3.04. The molecule has 0 spiro atoms. The standard InChI is InChI=1S/C14H18F3N3O3/c1-3-5-9(6-7-11(21)23-4-2)19-10-8-18-20-13(22)12(10)14(15,16)17/h6-9H,3-5H2,1-2H3,(H2,19,20,22)/b7-6+/t9-/m0/s1. The first kappa shape index (κ1) is 18.7. The summed E-state index contributed by atoms with van der Waals surface area (Å²) >= 11 is 0. The van der Waals surface area contributed by atoms with Gasteiger partial charge in [0.1, 0.15) is 5.56 Å². The van der Waals surface area contributed by atoms with Crippen molar-refractivity contribution in [2.75, 3.05) is 11.9 Å². The normalized spacial score (nSPS) is 13.1. The van der Waals surface area contributed by atoms with Crippen LogP contribution in [0.15, 0.2) is 23.1 Å². The van der Waals surface area contributed by atoms with E-state index in [0.717, 1.165) is 12.3 Å². The number of carbonyl (C=O) groups excluding carboxylic acids is 1. The molecule has 0 aliphatic rings. The molecule has 1 rings (SSSR count). The van der Waals surface area contributed by atoms with E-state index in [1.807, 2.05) is 6.92 Å². The van der Waals surface area contributed by atoms with Gasteiger partial charge < -0.3 is 10.1 Å². The lowest BCUT2D eigenvalue weighted by atomic mass is 10.1. The number of rotatable bonds is 7. The van der Waals surface area contributed by atoms with E-state index in [-0.39, 0.29) is 6.61 Å². The maximum Gasteiger partial charge on any atom is 0.423 e. The van der Waals surface area contributed by atoms with Gasteiger partial charge >= 0.3 is 12.1 Å². The molecule has 1 aromatic rings. The number of esters is 1. The monoisotopic (exact) mass is 333 g/mol. The SMILES string of the molecule is CCC[C@@H](/C=C/C(=O)OCC)Nc1cn[nH]c(=O)c1C(F)(F)F. The maximum absolute atomic E-state index is 13.0. The number of hydrogen-bond acceptors (Lipinski definition) is 5. The first-order valence-electron chi connectivity index (χ1n) is 7.05. The molecule has 1 atom stereocenters. The highest BCUT2D eigenvalue weighted by molar-refractivity contribution is 5.82. The van der Waals surface area contributed by atoms with Crippen molar-refractivity contribution in [1.82, 2.24) is 10.2 Å². The van der Waals surface area contributed by atoms with Gasteiger partial charge in [0, 0.05) is 12.1 Å². The van der Waals surface area contributed by atoms with Crippen molar-refractivity contribution in [1.29, 1.82) is 0 Å². The van der Waals surface area contributed by atoms with Crippen molar-refractivity contribution in [2.24, 2.45) is 0 Å². The third-order valence-electron chi connectivity index (χ3n) is 2.83. The molecular formula is C14H18F3N3O3. The second-order valence-corrected chi connectivity index (χ2v) is 4.64. The number of carbonyl (C=O) groups is 1. The molecule has 0 saturated heterocycles. The molecule has 0 bridgehead atoms. The number of hydrogen-bond donors (Lipinski definition) is 2. The van der Waals surface area contributed by atoms with Crippen LogP contribution in [0.2, 0.25) is 0 Å². The van der Waals surface area contributed by atoms with E-state index in [2.05, 4.69) is 10.4 Å². The molecule has 9 heteroatoms. The number of nitrogens with one attached hydrogen (secondary N) is 2. The summed E-state index contributed by atoms with van der Waals surface area (Å²) in [6.07, 6.45) is -0.262. The molecule has 0 aliphatic heterocycles. The van der Waals surface area contributed by atoms with Gasteiger partial charge in [0.15, 0.2) is 0 Å². The van der Waals surface area contributed by atoms with Gasteiger partial charge in [-0.1, -0.05) is 19.4 Å². The van der Waals surface area contributed by atoms with Crippen molar-refractivity contribution in [3.8, 4) is 0 Å². The van der Waals surface area contributed by atoms with E-state index in [1.165, 1.54) is 6.08 Å². The predicted octanol–water partition coefficient (Wildman–Crippen LogP) is 2.49. The molecule has 6 nitrogen and oxygen atoms in total. The van der Waals surface area contributed by atoms with Crippen LogP contribution in [-0.2, 0) is 15.7 Å². The Labute approximate surface area is 130 Å². The smallest absolute Gasteiger partial charge is 0.423 e. The number of H-pyrrole nitrogens is 1. The van der Waals surface area contributed by atoms with Gasteiger partial charge in [-0.2, -0.15) is 18.3 Å². The highest BCUT2D eigenvalue weighted by atomic mass is 19.4. The number of aromatic amines is 1. The van der Waals surface area contributed by atoms with Crippen LogP contribution in [0.25, 0.3) is 0 Å². The minimum Gasteiger partial charge on any atom is -0.463 e. The number of alkyl halides is 3. The molecule has 0 aliphatic carbocycles. The fraction of sp³-hybridized carbons (Fsp3) is 0.500. The van der Waals surface area contributed by atoms with Crippen LogP contribution in [0.1, 0.15) is 32.3 Å². The largest absolute Gasteiger partial charge is 0.463 e. The molecule has 0 amide bonds. The average Bonchev–Trinajstić information content (AvgIpc) is 2.44. The van der Waals surface area contributed by atoms with Crippen LogP contribution >= 0.6 is 0 Å². The van der Waals surface area contributed by atoms with Gasteiger partial charge in [-0.25, -0.2) is 9.89 Å². The third kappa shape index (κ3) is 5.76. The highest BCUT2D eigenvalue weighted by Gasteiger charge is 2.37. The second-order valence-electron chi connectivity index (χ2n) is 4.64. The summed E-state index contributed by atoms with van der Waals surface area (Å²) < 4.78 is 43.7. The Morgan fingerprint density at radius 1 is 1.48 bits per heavy atom. The van der Waals surface area contributed by atoms with E-state index in [0.29, 0.717) is 12.8 Å². The Bertz CT molecular complexity index is 611. The first-order valence-corrected chi connectivity index (χ1v) is 7.05. The molecule has 0 fully saturated rings. The number of ether oxygens (including phenoxy) is 1. The average molecular weight is 333 g/mol. The van der Waals surface area contributed by atoms with E-state index >= 15 is 0 Å². The Kier molecular flexibility index (Phi) is 6.80. The fourth-order valence-electron chi connectivity index (χ4n) is 1.90. The van der Waals surface area contributed by atoms with Crippen LogP contribution in [-0.4, -0.2) is 28.8 Å². The maximum atomic E-state index is 13.0. The minimum atomic E-state index is -4.82. The molecule has 1 heterocycles. The molecule has 1 aromatic heterocycles. The minimum absolute atomic E-state index is 0.200. The Morgan fingerprint density at radius 2 is 2.17 bits per heavy atom. The molecule has 2 N–H and O–H groups in total. The zero-order valence-electron chi connectivity index (χ0n) is 12.7. The number of anilines is 1. The zero-order valence-corrected chi connectivity index (χ0v) is 12.7. The van der Waals surface area contributed by atoms with Gasteiger partial charge in [0.05, 0.1) is 18.5 Å². The Hall–Kier alpha value is -2.32. The van der Waals surface area contributed by atoms with E-state index in [4.69, 9.17) is 4.74 Å². The van der Waals surface area contributed by atoms with Crippen molar-refractivity contribution < 1.29 is 22.7 Å². The van der Waals surface area contributed by atoms with Gasteiger partial charge in [-0.3, -0.25) is 4.79 Å². The first-order chi connectivity index (χ1) is 10.8. The summed E-state index contributed by atoms with van der Waals surface area (Å²) in [4.78, 5) is 22.7. The van der Waals surface area contributed by atoms with E-state index in [9.17, 15) is 22.8 Å². The summed E-state index contributed by atoms with van der Waals surface area (Å²) in [7, 11) is 0. The summed E-state index contributed by atoms with van der Waals surface area (Å²) in [6.45, 7) is 3.68. The topological polar surface area (TPSA) is 84.1 Å². The number of halogens is 3. The lowest BCUT2D eigenvalue weighted by molar-refractivity contribution is -0.138. The highest BCUT2D eigenvalue weighted by Crippen LogP contribution is 2.31. The quantitative estimate of drug-likeness (QED) is 0.592. The molecule has 23 heavy (non-hydrogen) atoms. The second kappa shape index (κ2) is 8.35. The van der Waals surface area contributed by atoms with Crippen molar-refractivity contribution in [3.05, 3.63) is 34.3 Å². The van der Waals surface area contributed by atoms with Gasteiger partial charge in [0.2, 0.25) is 0 Å². The lowest BCUT2D eigenvalue weighted by Gasteiger charge is -2.18. The molecular weight excluding hydrogens is 315 g/mol. The van der Waals surface area contributed by atoms with Crippen molar-refractivity contribution in [3.63, 3.8) is 0 Å². The molecule has 0 unspecified atom stereocenters.